The van der Waals surface area contributed by atoms with Gasteiger partial charge in [0.15, 0.2) is 17.5 Å². The van der Waals surface area contributed by atoms with Crippen molar-refractivity contribution in [3.63, 3.8) is 0 Å². The van der Waals surface area contributed by atoms with E-state index in [2.05, 4.69) is 159 Å². The number of para-hydroxylation sites is 1. The highest BCUT2D eigenvalue weighted by Gasteiger charge is 2.38. The molecule has 9 aromatic rings. The fourth-order valence-corrected chi connectivity index (χ4v) is 8.72. The number of aryl methyl sites for hydroxylation is 1. The minimum absolute atomic E-state index is 0.249. The highest BCUT2D eigenvalue weighted by atomic mass is 15.0. The molecule has 4 heteroatoms. The largest absolute Gasteiger partial charge is 0.309 e. The van der Waals surface area contributed by atoms with Crippen LogP contribution in [-0.4, -0.2) is 19.5 Å². The van der Waals surface area contributed by atoms with E-state index in [0.29, 0.717) is 17.5 Å². The molecule has 1 aliphatic carbocycles. The first kappa shape index (κ1) is 32.7. The summed E-state index contributed by atoms with van der Waals surface area (Å²) in [6.07, 6.45) is 2.07. The molecule has 4 nitrogen and oxygen atoms in total. The van der Waals surface area contributed by atoms with E-state index >= 15 is 0 Å². The van der Waals surface area contributed by atoms with Crippen molar-refractivity contribution >= 4 is 38.2 Å². The molecule has 1 aliphatic rings. The van der Waals surface area contributed by atoms with Gasteiger partial charge in [-0.25, -0.2) is 15.0 Å². The van der Waals surface area contributed by atoms with Crippen molar-refractivity contribution in [2.75, 3.05) is 0 Å². The van der Waals surface area contributed by atoms with Gasteiger partial charge in [0.1, 0.15) is 0 Å². The molecular formula is C51H38N4. The monoisotopic (exact) mass is 706 g/mol. The molecule has 0 aliphatic heterocycles. The molecule has 0 saturated heterocycles. The van der Waals surface area contributed by atoms with Crippen molar-refractivity contribution in [2.24, 2.45) is 0 Å². The van der Waals surface area contributed by atoms with Crippen molar-refractivity contribution < 1.29 is 0 Å². The van der Waals surface area contributed by atoms with Crippen molar-refractivity contribution in [1.29, 1.82) is 0 Å². The smallest absolute Gasteiger partial charge is 0.164 e. The summed E-state index contributed by atoms with van der Waals surface area (Å²) in [5.74, 6) is 1.92. The Morgan fingerprint density at radius 2 is 1.15 bits per heavy atom. The van der Waals surface area contributed by atoms with Crippen LogP contribution < -0.4 is 0 Å². The van der Waals surface area contributed by atoms with Gasteiger partial charge >= 0.3 is 0 Å². The lowest BCUT2D eigenvalue weighted by molar-refractivity contribution is 0.655. The summed E-state index contributed by atoms with van der Waals surface area (Å²) in [6.45, 7) is 11.2. The van der Waals surface area contributed by atoms with E-state index in [-0.39, 0.29) is 5.41 Å². The average Bonchev–Trinajstić information content (AvgIpc) is 3.67. The van der Waals surface area contributed by atoms with Gasteiger partial charge in [-0.1, -0.05) is 160 Å². The number of rotatable bonds is 6. The molecule has 0 radical (unpaired) electrons. The summed E-state index contributed by atoms with van der Waals surface area (Å²) < 4.78 is 2.45. The van der Waals surface area contributed by atoms with Crippen LogP contribution in [-0.2, 0) is 5.41 Å². The summed E-state index contributed by atoms with van der Waals surface area (Å²) >= 11 is 0. The van der Waals surface area contributed by atoms with Crippen LogP contribution in [0.25, 0.3) is 78.0 Å². The molecule has 0 N–H and O–H groups in total. The zero-order valence-electron chi connectivity index (χ0n) is 31.1. The summed E-state index contributed by atoms with van der Waals surface area (Å²) in [4.78, 5) is 15.3. The quantitative estimate of drug-likeness (QED) is 0.173. The van der Waals surface area contributed by atoms with E-state index < -0.39 is 0 Å². The molecule has 0 unspecified atom stereocenters. The lowest BCUT2D eigenvalue weighted by atomic mass is 9.80. The molecule has 10 rings (SSSR count). The summed E-state index contributed by atoms with van der Waals surface area (Å²) in [5, 5.41) is 4.63. The van der Waals surface area contributed by atoms with Crippen LogP contribution in [0.5, 0.6) is 0 Å². The molecule has 0 amide bonds. The van der Waals surface area contributed by atoms with Gasteiger partial charge in [-0.3, -0.25) is 0 Å². The molecular weight excluding hydrogens is 669 g/mol. The Bertz CT molecular complexity index is 2960. The second-order valence-corrected chi connectivity index (χ2v) is 14.9. The highest BCUT2D eigenvalue weighted by molar-refractivity contribution is 6.14. The van der Waals surface area contributed by atoms with E-state index in [1.54, 1.807) is 0 Å². The van der Waals surface area contributed by atoms with E-state index in [1.807, 2.05) is 36.4 Å². The fraction of sp³-hybridized carbons (Fsp3) is 0.0784. The molecule has 0 spiro atoms. The lowest BCUT2D eigenvalue weighted by Gasteiger charge is -2.23. The van der Waals surface area contributed by atoms with Crippen LogP contribution in [0.15, 0.2) is 176 Å². The minimum Gasteiger partial charge on any atom is -0.309 e. The molecule has 262 valence electrons. The number of allylic oxidation sites excluding steroid dienone is 2. The van der Waals surface area contributed by atoms with Crippen molar-refractivity contribution in [2.45, 2.75) is 26.2 Å². The number of hydrogen-bond donors (Lipinski definition) is 0. The van der Waals surface area contributed by atoms with Gasteiger partial charge in [-0.05, 0) is 70.0 Å². The van der Waals surface area contributed by atoms with Gasteiger partial charge in [0.25, 0.3) is 0 Å². The number of benzene rings is 7. The lowest BCUT2D eigenvalue weighted by Crippen LogP contribution is -2.16. The molecule has 2 heterocycles. The van der Waals surface area contributed by atoms with E-state index in [1.165, 1.54) is 44.2 Å². The van der Waals surface area contributed by atoms with Crippen LogP contribution in [0.3, 0.4) is 0 Å². The third-order valence-corrected chi connectivity index (χ3v) is 11.4. The standard InChI is InChI=1S/C51H38N4/c1-5-41-47(36-25-13-12-18-32(36)2)40-30-39-37-26-14-15-28-43(37)55(45(39)31-42(40)51(41,3)4)44-29-17-24-33-23-16-27-38(46(33)44)50-53-48(34-19-8-6-9-20-34)52-49(54-50)35-21-10-7-11-22-35/h5-31H,1H2,2-4H3. The molecule has 0 atom stereocenters. The van der Waals surface area contributed by atoms with Gasteiger partial charge in [-0.15, -0.1) is 0 Å². The topological polar surface area (TPSA) is 43.6 Å². The zero-order chi connectivity index (χ0) is 37.3. The van der Waals surface area contributed by atoms with Crippen molar-refractivity contribution in [3.05, 3.63) is 198 Å². The van der Waals surface area contributed by atoms with Crippen molar-refractivity contribution in [3.8, 4) is 39.9 Å². The molecule has 2 aromatic heterocycles. The molecule has 55 heavy (non-hydrogen) atoms. The zero-order valence-corrected chi connectivity index (χ0v) is 31.1. The van der Waals surface area contributed by atoms with Crippen LogP contribution >= 0.6 is 0 Å². The van der Waals surface area contributed by atoms with Gasteiger partial charge in [0, 0.05) is 38.3 Å². The maximum Gasteiger partial charge on any atom is 0.164 e. The first-order valence-corrected chi connectivity index (χ1v) is 18.8. The maximum absolute atomic E-state index is 5.18. The molecule has 7 aromatic carbocycles. The third-order valence-electron chi connectivity index (χ3n) is 11.4. The minimum atomic E-state index is -0.249. The third kappa shape index (κ3) is 5.09. The van der Waals surface area contributed by atoms with Crippen LogP contribution in [0, 0.1) is 6.92 Å². The Morgan fingerprint density at radius 3 is 1.84 bits per heavy atom. The van der Waals surface area contributed by atoms with Gasteiger partial charge in [0.2, 0.25) is 0 Å². The average molecular weight is 707 g/mol. The van der Waals surface area contributed by atoms with E-state index in [4.69, 9.17) is 15.0 Å². The number of nitrogens with zero attached hydrogens (tertiary/aromatic N) is 4. The molecule has 0 bridgehead atoms. The second kappa shape index (κ2) is 12.6. The van der Waals surface area contributed by atoms with Gasteiger partial charge < -0.3 is 4.57 Å². The van der Waals surface area contributed by atoms with E-state index in [0.717, 1.165) is 44.2 Å². The molecule has 0 fully saturated rings. The number of fused-ring (bicyclic) bond motifs is 5. The van der Waals surface area contributed by atoms with Gasteiger partial charge in [0.05, 0.1) is 16.7 Å². The number of hydrogen-bond acceptors (Lipinski definition) is 3. The predicted octanol–water partition coefficient (Wildman–Crippen LogP) is 12.7. The summed E-state index contributed by atoms with van der Waals surface area (Å²) in [7, 11) is 0. The number of aromatic nitrogens is 4. The second-order valence-electron chi connectivity index (χ2n) is 14.9. The predicted molar refractivity (Wildman–Crippen MR) is 228 cm³/mol. The first-order valence-electron chi connectivity index (χ1n) is 18.8. The Labute approximate surface area is 320 Å². The SMILES string of the molecule is C=CC1=C(c2ccccc2C)c2cc3c4ccccc4n(-c4cccc5cccc(-c6nc(-c7ccccc7)nc(-c7ccccc7)n6)c45)c3cc2C1(C)C. The Kier molecular flexibility index (Phi) is 7.50. The van der Waals surface area contributed by atoms with Crippen LogP contribution in [0.4, 0.5) is 0 Å². The van der Waals surface area contributed by atoms with Crippen LogP contribution in [0.2, 0.25) is 0 Å². The first-order chi connectivity index (χ1) is 26.9. The van der Waals surface area contributed by atoms with Crippen molar-refractivity contribution in [1.82, 2.24) is 19.5 Å². The molecule has 0 saturated carbocycles. The highest BCUT2D eigenvalue weighted by Crippen LogP contribution is 2.52. The Morgan fingerprint density at radius 1 is 0.545 bits per heavy atom. The fourth-order valence-electron chi connectivity index (χ4n) is 8.72. The van der Waals surface area contributed by atoms with Crippen LogP contribution in [0.1, 0.15) is 36.1 Å². The Balaban J connectivity index is 1.27. The van der Waals surface area contributed by atoms with Gasteiger partial charge in [-0.2, -0.15) is 0 Å². The van der Waals surface area contributed by atoms with E-state index in [9.17, 15) is 0 Å². The summed E-state index contributed by atoms with van der Waals surface area (Å²) in [5.41, 5.74) is 13.6. The normalized spacial score (nSPS) is 13.5. The maximum atomic E-state index is 5.18. The summed E-state index contributed by atoms with van der Waals surface area (Å²) in [6, 6.07) is 55.7. The Hall–Kier alpha value is -6.91.